The second kappa shape index (κ2) is 12.0. The molecule has 1 heterocycles. The van der Waals surface area contributed by atoms with Crippen molar-refractivity contribution in [3.05, 3.63) is 24.3 Å². The second-order valence-corrected chi connectivity index (χ2v) is 7.08. The molecule has 1 aromatic rings. The Kier molecular flexibility index (Phi) is 9.43. The number of hydrogen-bond donors (Lipinski definition) is 2. The summed E-state index contributed by atoms with van der Waals surface area (Å²) >= 11 is 0. The van der Waals surface area contributed by atoms with Crippen LogP contribution in [0.5, 0.6) is 5.75 Å². The zero-order valence-corrected chi connectivity index (χ0v) is 19.0. The maximum Gasteiger partial charge on any atom is 0.319 e. The minimum absolute atomic E-state index is 0.296. The molecule has 1 fully saturated rings. The Morgan fingerprint density at radius 2 is 1.52 bits per heavy atom. The minimum atomic E-state index is -1.20. The maximum absolute atomic E-state index is 12.7. The van der Waals surface area contributed by atoms with Gasteiger partial charge >= 0.3 is 23.9 Å². The molecule has 0 aromatic heterocycles. The van der Waals surface area contributed by atoms with Crippen LogP contribution >= 0.6 is 0 Å². The van der Waals surface area contributed by atoms with Gasteiger partial charge in [0.2, 0.25) is 0 Å². The summed E-state index contributed by atoms with van der Waals surface area (Å²) in [5, 5.41) is 5.27. The van der Waals surface area contributed by atoms with Gasteiger partial charge in [-0.25, -0.2) is 4.79 Å². The molecular formula is C21H28N2O10. The standard InChI is InChI=1S/C21H28N2O10/c1-11(24)30-10-16-18(31-12(2)25)19(32-13(3)26)17(20(29-5)33-16)23-21(27)22-14-6-8-15(28-4)9-7-14/h6-9,16-20H,10H2,1-5H3,(H2,22,23,27)/t16-,17-,18-,19-,20-/m1/s1. The predicted octanol–water partition coefficient (Wildman–Crippen LogP) is 0.983. The largest absolute Gasteiger partial charge is 0.497 e. The second-order valence-electron chi connectivity index (χ2n) is 7.08. The van der Waals surface area contributed by atoms with Gasteiger partial charge in [0.15, 0.2) is 18.5 Å². The highest BCUT2D eigenvalue weighted by atomic mass is 16.7. The number of amides is 2. The number of ether oxygens (including phenoxy) is 6. The van der Waals surface area contributed by atoms with E-state index in [-0.39, 0.29) is 6.61 Å². The molecule has 12 nitrogen and oxygen atoms in total. The molecule has 1 aromatic carbocycles. The third-order valence-electron chi connectivity index (χ3n) is 4.58. The molecule has 1 saturated heterocycles. The van der Waals surface area contributed by atoms with Gasteiger partial charge in [0, 0.05) is 33.6 Å². The van der Waals surface area contributed by atoms with Gasteiger partial charge in [-0.1, -0.05) is 0 Å². The topological polar surface area (TPSA) is 148 Å². The van der Waals surface area contributed by atoms with Gasteiger partial charge in [-0.2, -0.15) is 0 Å². The fourth-order valence-electron chi connectivity index (χ4n) is 3.25. The first kappa shape index (κ1) is 25.9. The van der Waals surface area contributed by atoms with Crippen molar-refractivity contribution >= 4 is 29.6 Å². The smallest absolute Gasteiger partial charge is 0.319 e. The monoisotopic (exact) mass is 468 g/mol. The molecule has 5 atom stereocenters. The maximum atomic E-state index is 12.7. The van der Waals surface area contributed by atoms with Crippen LogP contribution in [0.2, 0.25) is 0 Å². The van der Waals surface area contributed by atoms with E-state index >= 15 is 0 Å². The van der Waals surface area contributed by atoms with Crippen LogP contribution in [0.4, 0.5) is 10.5 Å². The lowest BCUT2D eigenvalue weighted by atomic mass is 9.96. The number of nitrogens with one attached hydrogen (secondary N) is 2. The number of rotatable bonds is 8. The summed E-state index contributed by atoms with van der Waals surface area (Å²) < 4.78 is 31.9. The Labute approximate surface area is 190 Å². The lowest BCUT2D eigenvalue weighted by Gasteiger charge is -2.44. The van der Waals surface area contributed by atoms with Crippen molar-refractivity contribution in [3.63, 3.8) is 0 Å². The van der Waals surface area contributed by atoms with Crippen molar-refractivity contribution in [3.8, 4) is 5.75 Å². The Balaban J connectivity index is 2.27. The van der Waals surface area contributed by atoms with Crippen LogP contribution in [0.1, 0.15) is 20.8 Å². The first-order valence-electron chi connectivity index (χ1n) is 10.0. The van der Waals surface area contributed by atoms with Crippen LogP contribution in [0.25, 0.3) is 0 Å². The molecule has 33 heavy (non-hydrogen) atoms. The van der Waals surface area contributed by atoms with Gasteiger partial charge in [-0.05, 0) is 24.3 Å². The van der Waals surface area contributed by atoms with Gasteiger partial charge in [-0.15, -0.1) is 0 Å². The van der Waals surface area contributed by atoms with Crippen LogP contribution in [-0.4, -0.2) is 75.4 Å². The van der Waals surface area contributed by atoms with Crippen molar-refractivity contribution < 1.29 is 47.6 Å². The van der Waals surface area contributed by atoms with E-state index in [2.05, 4.69) is 10.6 Å². The first-order valence-corrected chi connectivity index (χ1v) is 10.0. The summed E-state index contributed by atoms with van der Waals surface area (Å²) in [7, 11) is 2.84. The van der Waals surface area contributed by atoms with Crippen LogP contribution in [0.15, 0.2) is 24.3 Å². The molecule has 2 rings (SSSR count). The number of methoxy groups -OCH3 is 2. The van der Waals surface area contributed by atoms with E-state index in [9.17, 15) is 19.2 Å². The molecule has 0 saturated carbocycles. The molecule has 0 unspecified atom stereocenters. The van der Waals surface area contributed by atoms with Crippen molar-refractivity contribution in [2.45, 2.75) is 51.4 Å². The minimum Gasteiger partial charge on any atom is -0.497 e. The number of carbonyl (C=O) groups is 4. The quantitative estimate of drug-likeness (QED) is 0.418. The fraction of sp³-hybridized carbons (Fsp3) is 0.524. The van der Waals surface area contributed by atoms with Crippen molar-refractivity contribution in [1.82, 2.24) is 5.32 Å². The number of urea groups is 1. The molecule has 12 heteroatoms. The Morgan fingerprint density at radius 3 is 2.03 bits per heavy atom. The van der Waals surface area contributed by atoms with E-state index in [1.807, 2.05) is 0 Å². The van der Waals surface area contributed by atoms with Crippen molar-refractivity contribution in [2.24, 2.45) is 0 Å². The Hall–Kier alpha value is -3.38. The van der Waals surface area contributed by atoms with E-state index < -0.39 is 54.6 Å². The average Bonchev–Trinajstić information content (AvgIpc) is 2.75. The number of carbonyl (C=O) groups excluding carboxylic acids is 4. The van der Waals surface area contributed by atoms with E-state index in [4.69, 9.17) is 28.4 Å². The third-order valence-corrected chi connectivity index (χ3v) is 4.58. The summed E-state index contributed by atoms with van der Waals surface area (Å²) in [6.45, 7) is 3.23. The molecule has 0 radical (unpaired) electrons. The van der Waals surface area contributed by atoms with Gasteiger partial charge in [-0.3, -0.25) is 14.4 Å². The highest BCUT2D eigenvalue weighted by Crippen LogP contribution is 2.27. The highest BCUT2D eigenvalue weighted by Gasteiger charge is 2.51. The van der Waals surface area contributed by atoms with E-state index in [0.29, 0.717) is 11.4 Å². The zero-order valence-electron chi connectivity index (χ0n) is 19.0. The summed E-state index contributed by atoms with van der Waals surface area (Å²) in [5.41, 5.74) is 0.465. The van der Waals surface area contributed by atoms with E-state index in [0.717, 1.165) is 13.8 Å². The third kappa shape index (κ3) is 7.61. The van der Waals surface area contributed by atoms with Gasteiger partial charge in [0.25, 0.3) is 0 Å². The summed E-state index contributed by atoms with van der Waals surface area (Å²) in [6.07, 6.45) is -4.53. The van der Waals surface area contributed by atoms with Crippen LogP contribution in [0, 0.1) is 0 Å². The van der Waals surface area contributed by atoms with Gasteiger partial charge in [0.05, 0.1) is 7.11 Å². The molecule has 1 aliphatic rings. The zero-order chi connectivity index (χ0) is 24.5. The molecule has 182 valence electrons. The molecule has 0 bridgehead atoms. The van der Waals surface area contributed by atoms with E-state index in [1.54, 1.807) is 24.3 Å². The number of anilines is 1. The normalized spacial score (nSPS) is 24.2. The summed E-state index contributed by atoms with van der Waals surface area (Å²) in [4.78, 5) is 47.5. The van der Waals surface area contributed by atoms with E-state index in [1.165, 1.54) is 21.1 Å². The van der Waals surface area contributed by atoms with Gasteiger partial charge < -0.3 is 39.1 Å². The van der Waals surface area contributed by atoms with Crippen LogP contribution < -0.4 is 15.4 Å². The number of hydrogen-bond acceptors (Lipinski definition) is 10. The van der Waals surface area contributed by atoms with Crippen molar-refractivity contribution in [1.29, 1.82) is 0 Å². The average molecular weight is 468 g/mol. The number of benzene rings is 1. The summed E-state index contributed by atoms with van der Waals surface area (Å²) in [5.74, 6) is -1.36. The van der Waals surface area contributed by atoms with Crippen LogP contribution in [0.3, 0.4) is 0 Å². The molecular weight excluding hydrogens is 440 g/mol. The Morgan fingerprint density at radius 1 is 0.909 bits per heavy atom. The summed E-state index contributed by atoms with van der Waals surface area (Å²) in [6, 6.07) is 4.85. The lowest BCUT2D eigenvalue weighted by molar-refractivity contribution is -0.270. The van der Waals surface area contributed by atoms with Crippen molar-refractivity contribution in [2.75, 3.05) is 26.1 Å². The Bertz CT molecular complexity index is 844. The molecule has 2 N–H and O–H groups in total. The van der Waals surface area contributed by atoms with Gasteiger partial charge in [0.1, 0.15) is 24.5 Å². The molecule has 0 spiro atoms. The first-order chi connectivity index (χ1) is 15.6. The lowest BCUT2D eigenvalue weighted by Crippen LogP contribution is -2.67. The molecule has 2 amide bonds. The predicted molar refractivity (Wildman–Crippen MR) is 112 cm³/mol. The fourth-order valence-corrected chi connectivity index (χ4v) is 3.25. The number of esters is 3. The SMILES string of the molecule is COc1ccc(NC(=O)N[C@H]2[C@H](OC)O[C@H](COC(C)=O)[C@@H](OC(C)=O)[C@@H]2OC(C)=O)cc1. The highest BCUT2D eigenvalue weighted by molar-refractivity contribution is 5.89. The van der Waals surface area contributed by atoms with Crippen LogP contribution in [-0.2, 0) is 38.1 Å². The molecule has 1 aliphatic heterocycles. The molecule has 0 aliphatic carbocycles.